The maximum Gasteiger partial charge on any atom is 0.194 e. The molecule has 1 aliphatic rings. The van der Waals surface area contributed by atoms with Crippen molar-refractivity contribution in [3.63, 3.8) is 0 Å². The Kier molecular flexibility index (Phi) is 6.26. The average Bonchev–Trinajstić information content (AvgIpc) is 2.69. The molecule has 0 saturated carbocycles. The van der Waals surface area contributed by atoms with Crippen molar-refractivity contribution in [2.45, 2.75) is 13.3 Å². The standard InChI is InChI=1S/C20H27N5/c1-2-21-20(23-13-11-18-8-4-3-5-9-18)25-16-14-24(15-17-25)19-10-6-7-12-22-19/h3-10,12H,2,11,13-17H2,1H3,(H,21,23). The Morgan fingerprint density at radius 3 is 2.48 bits per heavy atom. The van der Waals surface area contributed by atoms with E-state index in [9.17, 15) is 0 Å². The van der Waals surface area contributed by atoms with Crippen LogP contribution in [-0.2, 0) is 6.42 Å². The van der Waals surface area contributed by atoms with Crippen LogP contribution in [0.15, 0.2) is 59.7 Å². The minimum Gasteiger partial charge on any atom is -0.357 e. The number of aromatic nitrogens is 1. The van der Waals surface area contributed by atoms with Crippen molar-refractivity contribution in [3.8, 4) is 0 Å². The number of anilines is 1. The number of aliphatic imine (C=N–C) groups is 1. The molecule has 132 valence electrons. The van der Waals surface area contributed by atoms with Crippen LogP contribution in [0.5, 0.6) is 0 Å². The first-order valence-corrected chi connectivity index (χ1v) is 9.10. The van der Waals surface area contributed by atoms with E-state index in [1.54, 1.807) is 0 Å². The van der Waals surface area contributed by atoms with E-state index in [0.717, 1.165) is 57.5 Å². The van der Waals surface area contributed by atoms with Gasteiger partial charge in [-0.25, -0.2) is 4.98 Å². The first kappa shape index (κ1) is 17.3. The number of pyridine rings is 1. The summed E-state index contributed by atoms with van der Waals surface area (Å²) >= 11 is 0. The second-order valence-corrected chi connectivity index (χ2v) is 6.13. The lowest BCUT2D eigenvalue weighted by atomic mass is 10.2. The number of benzene rings is 1. The minimum absolute atomic E-state index is 0.812. The molecule has 2 heterocycles. The SMILES string of the molecule is CCNC(=NCCc1ccccc1)N1CCN(c2ccccn2)CC1. The second kappa shape index (κ2) is 9.06. The van der Waals surface area contributed by atoms with Gasteiger partial charge in [0, 0.05) is 45.5 Å². The van der Waals surface area contributed by atoms with Gasteiger partial charge in [-0.2, -0.15) is 0 Å². The van der Waals surface area contributed by atoms with Crippen LogP contribution in [0.4, 0.5) is 5.82 Å². The Labute approximate surface area is 150 Å². The fourth-order valence-electron chi connectivity index (χ4n) is 3.05. The molecule has 0 aliphatic carbocycles. The highest BCUT2D eigenvalue weighted by Crippen LogP contribution is 2.12. The van der Waals surface area contributed by atoms with Gasteiger partial charge >= 0.3 is 0 Å². The minimum atomic E-state index is 0.812. The maximum absolute atomic E-state index is 4.83. The first-order valence-electron chi connectivity index (χ1n) is 9.10. The molecule has 1 aromatic heterocycles. The number of nitrogens with zero attached hydrogens (tertiary/aromatic N) is 4. The van der Waals surface area contributed by atoms with Gasteiger partial charge in [0.05, 0.1) is 0 Å². The molecule has 0 radical (unpaired) electrons. The number of piperazine rings is 1. The zero-order chi connectivity index (χ0) is 17.3. The molecule has 1 fully saturated rings. The van der Waals surface area contributed by atoms with Crippen molar-refractivity contribution in [1.29, 1.82) is 0 Å². The first-order chi connectivity index (χ1) is 12.4. The van der Waals surface area contributed by atoms with Gasteiger partial charge in [-0.15, -0.1) is 0 Å². The zero-order valence-corrected chi connectivity index (χ0v) is 14.9. The molecule has 0 atom stereocenters. The summed E-state index contributed by atoms with van der Waals surface area (Å²) < 4.78 is 0. The summed E-state index contributed by atoms with van der Waals surface area (Å²) in [5.41, 5.74) is 1.34. The molecule has 5 nitrogen and oxygen atoms in total. The summed E-state index contributed by atoms with van der Waals surface area (Å²) in [4.78, 5) is 14.0. The van der Waals surface area contributed by atoms with Crippen LogP contribution in [0.2, 0.25) is 0 Å². The number of rotatable bonds is 5. The van der Waals surface area contributed by atoms with E-state index in [0.29, 0.717) is 0 Å². The highest BCUT2D eigenvalue weighted by atomic mass is 15.4. The predicted molar refractivity (Wildman–Crippen MR) is 104 cm³/mol. The Morgan fingerprint density at radius 2 is 1.80 bits per heavy atom. The van der Waals surface area contributed by atoms with Crippen LogP contribution in [0, 0.1) is 0 Å². The summed E-state index contributed by atoms with van der Waals surface area (Å²) in [5.74, 6) is 2.09. The van der Waals surface area contributed by atoms with Gasteiger partial charge in [0.2, 0.25) is 0 Å². The van der Waals surface area contributed by atoms with E-state index < -0.39 is 0 Å². The van der Waals surface area contributed by atoms with E-state index in [1.807, 2.05) is 18.3 Å². The van der Waals surface area contributed by atoms with Gasteiger partial charge in [0.25, 0.3) is 0 Å². The predicted octanol–water partition coefficient (Wildman–Crippen LogP) is 2.41. The average molecular weight is 337 g/mol. The molecule has 1 aliphatic heterocycles. The molecule has 1 saturated heterocycles. The van der Waals surface area contributed by atoms with Gasteiger partial charge in [-0.1, -0.05) is 36.4 Å². The van der Waals surface area contributed by atoms with Gasteiger partial charge in [-0.05, 0) is 31.0 Å². The molecule has 0 amide bonds. The lowest BCUT2D eigenvalue weighted by molar-refractivity contribution is 0.371. The third-order valence-corrected chi connectivity index (χ3v) is 4.39. The topological polar surface area (TPSA) is 43.8 Å². The molecule has 1 aromatic carbocycles. The van der Waals surface area contributed by atoms with Crippen LogP contribution in [0.25, 0.3) is 0 Å². The quantitative estimate of drug-likeness (QED) is 0.672. The molecule has 0 spiro atoms. The summed E-state index contributed by atoms with van der Waals surface area (Å²) in [6.45, 7) is 7.70. The number of guanidine groups is 1. The Morgan fingerprint density at radius 1 is 1.04 bits per heavy atom. The summed E-state index contributed by atoms with van der Waals surface area (Å²) in [6.07, 6.45) is 2.83. The fraction of sp³-hybridized carbons (Fsp3) is 0.400. The van der Waals surface area contributed by atoms with Crippen molar-refractivity contribution in [2.75, 3.05) is 44.2 Å². The van der Waals surface area contributed by atoms with Crippen molar-refractivity contribution in [2.24, 2.45) is 4.99 Å². The lowest BCUT2D eigenvalue weighted by Crippen LogP contribution is -2.52. The third kappa shape index (κ3) is 4.95. The van der Waals surface area contributed by atoms with Crippen LogP contribution >= 0.6 is 0 Å². The van der Waals surface area contributed by atoms with Crippen molar-refractivity contribution < 1.29 is 0 Å². The molecular formula is C20H27N5. The van der Waals surface area contributed by atoms with E-state index in [1.165, 1.54) is 5.56 Å². The third-order valence-electron chi connectivity index (χ3n) is 4.39. The molecule has 25 heavy (non-hydrogen) atoms. The summed E-state index contributed by atoms with van der Waals surface area (Å²) in [5, 5.41) is 3.43. The molecule has 2 aromatic rings. The van der Waals surface area contributed by atoms with Gasteiger partial charge in [0.15, 0.2) is 5.96 Å². The van der Waals surface area contributed by atoms with E-state index in [2.05, 4.69) is 63.4 Å². The highest BCUT2D eigenvalue weighted by molar-refractivity contribution is 5.80. The fourth-order valence-corrected chi connectivity index (χ4v) is 3.05. The summed E-state index contributed by atoms with van der Waals surface area (Å²) in [7, 11) is 0. The molecule has 1 N–H and O–H groups in total. The Balaban J connectivity index is 1.55. The summed E-state index contributed by atoms with van der Waals surface area (Å²) in [6, 6.07) is 16.6. The molecule has 3 rings (SSSR count). The normalized spacial score (nSPS) is 15.3. The van der Waals surface area contributed by atoms with Crippen LogP contribution in [0.3, 0.4) is 0 Å². The van der Waals surface area contributed by atoms with E-state index in [4.69, 9.17) is 4.99 Å². The van der Waals surface area contributed by atoms with Crippen LogP contribution in [-0.4, -0.2) is 55.1 Å². The van der Waals surface area contributed by atoms with Crippen LogP contribution < -0.4 is 10.2 Å². The molecular weight excluding hydrogens is 310 g/mol. The van der Waals surface area contributed by atoms with E-state index in [-0.39, 0.29) is 0 Å². The largest absolute Gasteiger partial charge is 0.357 e. The molecule has 5 heteroatoms. The van der Waals surface area contributed by atoms with Crippen molar-refractivity contribution in [3.05, 3.63) is 60.3 Å². The Hall–Kier alpha value is -2.56. The lowest BCUT2D eigenvalue weighted by Gasteiger charge is -2.37. The number of nitrogens with one attached hydrogen (secondary N) is 1. The monoisotopic (exact) mass is 337 g/mol. The van der Waals surface area contributed by atoms with Gasteiger partial charge in [-0.3, -0.25) is 4.99 Å². The Bertz CT molecular complexity index is 648. The number of hydrogen-bond donors (Lipinski definition) is 1. The highest BCUT2D eigenvalue weighted by Gasteiger charge is 2.20. The zero-order valence-electron chi connectivity index (χ0n) is 14.9. The van der Waals surface area contributed by atoms with Crippen molar-refractivity contribution >= 4 is 11.8 Å². The van der Waals surface area contributed by atoms with E-state index >= 15 is 0 Å². The van der Waals surface area contributed by atoms with Crippen molar-refractivity contribution in [1.82, 2.24) is 15.2 Å². The van der Waals surface area contributed by atoms with Gasteiger partial charge in [0.1, 0.15) is 5.82 Å². The second-order valence-electron chi connectivity index (χ2n) is 6.13. The van der Waals surface area contributed by atoms with Crippen LogP contribution in [0.1, 0.15) is 12.5 Å². The molecule has 0 unspecified atom stereocenters. The molecule has 0 bridgehead atoms. The van der Waals surface area contributed by atoms with Gasteiger partial charge < -0.3 is 15.1 Å². The maximum atomic E-state index is 4.83. The number of hydrogen-bond acceptors (Lipinski definition) is 3. The smallest absolute Gasteiger partial charge is 0.194 e.